The summed E-state index contributed by atoms with van der Waals surface area (Å²) < 4.78 is 0. The lowest BCUT2D eigenvalue weighted by molar-refractivity contribution is 0.670. The third kappa shape index (κ3) is 2.19. The van der Waals surface area contributed by atoms with Gasteiger partial charge in [0.05, 0.1) is 15.6 Å². The number of nitrogens with zero attached hydrogens (tertiary/aromatic N) is 1. The summed E-state index contributed by atoms with van der Waals surface area (Å²) in [6, 6.07) is 2.14. The Morgan fingerprint density at radius 2 is 2.25 bits per heavy atom. The van der Waals surface area contributed by atoms with Crippen molar-refractivity contribution in [2.24, 2.45) is 5.73 Å². The summed E-state index contributed by atoms with van der Waals surface area (Å²) >= 11 is 3.49. The number of hydrogen-bond donors (Lipinski definition) is 1. The molecular weight excluding hydrogens is 236 g/mol. The molecule has 0 saturated carbocycles. The maximum absolute atomic E-state index is 5.74. The molecule has 0 aromatic carbocycles. The standard InChI is InChI=1S/C12H16N2S2/c1-3-9(6-13)12-14-10(7-16-12)11-8(2)4-5-15-11/h4-5,7,9H,3,6,13H2,1-2H3. The second-order valence-corrected chi connectivity index (χ2v) is 5.65. The van der Waals surface area contributed by atoms with Crippen LogP contribution in [0.4, 0.5) is 0 Å². The van der Waals surface area contributed by atoms with Crippen molar-refractivity contribution in [2.45, 2.75) is 26.2 Å². The Bertz CT molecular complexity index is 455. The molecule has 2 heterocycles. The third-order valence-electron chi connectivity index (χ3n) is 2.74. The normalized spacial score (nSPS) is 12.9. The molecule has 0 aliphatic rings. The predicted octanol–water partition coefficient (Wildman–Crippen LogP) is 3.63. The fourth-order valence-corrected chi connectivity index (χ4v) is 3.63. The summed E-state index contributed by atoms with van der Waals surface area (Å²) in [5.74, 6) is 0.416. The van der Waals surface area contributed by atoms with Crippen LogP contribution >= 0.6 is 22.7 Å². The van der Waals surface area contributed by atoms with Crippen LogP contribution in [0.25, 0.3) is 10.6 Å². The fraction of sp³-hybridized carbons (Fsp3) is 0.417. The van der Waals surface area contributed by atoms with E-state index in [4.69, 9.17) is 10.7 Å². The van der Waals surface area contributed by atoms with Crippen LogP contribution in [0, 0.1) is 6.92 Å². The van der Waals surface area contributed by atoms with Crippen LogP contribution in [-0.2, 0) is 0 Å². The molecule has 2 N–H and O–H groups in total. The minimum atomic E-state index is 0.416. The van der Waals surface area contributed by atoms with Gasteiger partial charge < -0.3 is 5.73 Å². The molecule has 2 nitrogen and oxygen atoms in total. The Morgan fingerprint density at radius 1 is 1.44 bits per heavy atom. The number of aryl methyl sites for hydroxylation is 1. The second kappa shape index (κ2) is 5.08. The monoisotopic (exact) mass is 252 g/mol. The van der Waals surface area contributed by atoms with Gasteiger partial charge in [0.1, 0.15) is 0 Å². The first-order chi connectivity index (χ1) is 7.76. The molecule has 0 bridgehead atoms. The average Bonchev–Trinajstić information content (AvgIpc) is 2.89. The number of thiophene rings is 1. The quantitative estimate of drug-likeness (QED) is 0.902. The van der Waals surface area contributed by atoms with E-state index in [1.54, 1.807) is 22.7 Å². The van der Waals surface area contributed by atoms with Gasteiger partial charge in [-0.1, -0.05) is 6.92 Å². The summed E-state index contributed by atoms with van der Waals surface area (Å²) in [6.07, 6.45) is 1.06. The lowest BCUT2D eigenvalue weighted by Gasteiger charge is -2.06. The number of rotatable bonds is 4. The van der Waals surface area contributed by atoms with E-state index in [0.29, 0.717) is 12.5 Å². The van der Waals surface area contributed by atoms with Crippen LogP contribution in [0.3, 0.4) is 0 Å². The summed E-state index contributed by atoms with van der Waals surface area (Å²) in [5.41, 5.74) is 8.16. The van der Waals surface area contributed by atoms with Gasteiger partial charge in [-0.2, -0.15) is 0 Å². The van der Waals surface area contributed by atoms with Crippen molar-refractivity contribution in [3.05, 3.63) is 27.4 Å². The van der Waals surface area contributed by atoms with Crippen molar-refractivity contribution in [1.29, 1.82) is 0 Å². The SMILES string of the molecule is CCC(CN)c1nc(-c2sccc2C)cs1. The average molecular weight is 252 g/mol. The molecule has 16 heavy (non-hydrogen) atoms. The Morgan fingerprint density at radius 3 is 2.81 bits per heavy atom. The van der Waals surface area contributed by atoms with E-state index in [2.05, 4.69) is 30.7 Å². The molecule has 0 aliphatic carbocycles. The highest BCUT2D eigenvalue weighted by atomic mass is 32.1. The Hall–Kier alpha value is -0.710. The van der Waals surface area contributed by atoms with Crippen LogP contribution in [0.2, 0.25) is 0 Å². The van der Waals surface area contributed by atoms with Crippen molar-refractivity contribution in [3.63, 3.8) is 0 Å². The lowest BCUT2D eigenvalue weighted by Crippen LogP contribution is -2.11. The Labute approximate surface area is 104 Å². The van der Waals surface area contributed by atoms with Crippen LogP contribution in [0.5, 0.6) is 0 Å². The molecule has 2 rings (SSSR count). The minimum absolute atomic E-state index is 0.416. The largest absolute Gasteiger partial charge is 0.330 e. The van der Waals surface area contributed by atoms with Gasteiger partial charge in [0.2, 0.25) is 0 Å². The number of aromatic nitrogens is 1. The first-order valence-corrected chi connectivity index (χ1v) is 7.22. The fourth-order valence-electron chi connectivity index (χ4n) is 1.66. The van der Waals surface area contributed by atoms with Crippen LogP contribution in [-0.4, -0.2) is 11.5 Å². The van der Waals surface area contributed by atoms with E-state index in [-0.39, 0.29) is 0 Å². The highest BCUT2D eigenvalue weighted by Crippen LogP contribution is 2.32. The van der Waals surface area contributed by atoms with Crippen molar-refractivity contribution in [2.75, 3.05) is 6.54 Å². The zero-order chi connectivity index (χ0) is 11.5. The van der Waals surface area contributed by atoms with E-state index < -0.39 is 0 Å². The maximum atomic E-state index is 5.74. The summed E-state index contributed by atoms with van der Waals surface area (Å²) in [5, 5.41) is 5.43. The Kier molecular flexibility index (Phi) is 3.74. The minimum Gasteiger partial charge on any atom is -0.330 e. The summed E-state index contributed by atoms with van der Waals surface area (Å²) in [7, 11) is 0. The highest BCUT2D eigenvalue weighted by Gasteiger charge is 2.14. The molecule has 0 spiro atoms. The van der Waals surface area contributed by atoms with E-state index in [9.17, 15) is 0 Å². The highest BCUT2D eigenvalue weighted by molar-refractivity contribution is 7.14. The van der Waals surface area contributed by atoms with E-state index in [1.165, 1.54) is 15.4 Å². The molecule has 1 atom stereocenters. The zero-order valence-electron chi connectivity index (χ0n) is 9.56. The lowest BCUT2D eigenvalue weighted by atomic mass is 10.1. The van der Waals surface area contributed by atoms with Gasteiger partial charge in [-0.25, -0.2) is 4.98 Å². The molecule has 0 fully saturated rings. The topological polar surface area (TPSA) is 38.9 Å². The maximum Gasteiger partial charge on any atom is 0.0976 e. The van der Waals surface area contributed by atoms with Gasteiger partial charge >= 0.3 is 0 Å². The summed E-state index contributed by atoms with van der Waals surface area (Å²) in [4.78, 5) is 5.99. The molecule has 1 unspecified atom stereocenters. The second-order valence-electron chi connectivity index (χ2n) is 3.84. The zero-order valence-corrected chi connectivity index (χ0v) is 11.2. The molecule has 2 aromatic rings. The summed E-state index contributed by atoms with van der Waals surface area (Å²) in [6.45, 7) is 4.98. The molecule has 0 amide bonds. The molecule has 4 heteroatoms. The van der Waals surface area contributed by atoms with Crippen molar-refractivity contribution in [1.82, 2.24) is 4.98 Å². The van der Waals surface area contributed by atoms with Crippen LogP contribution in [0.15, 0.2) is 16.8 Å². The molecule has 2 aromatic heterocycles. The van der Waals surface area contributed by atoms with Crippen molar-refractivity contribution < 1.29 is 0 Å². The van der Waals surface area contributed by atoms with Crippen LogP contribution < -0.4 is 5.73 Å². The van der Waals surface area contributed by atoms with Gasteiger partial charge in [0.25, 0.3) is 0 Å². The van der Waals surface area contributed by atoms with Crippen molar-refractivity contribution in [3.8, 4) is 10.6 Å². The smallest absolute Gasteiger partial charge is 0.0976 e. The number of nitrogens with two attached hydrogens (primary N) is 1. The van der Waals surface area contributed by atoms with Gasteiger partial charge in [-0.15, -0.1) is 22.7 Å². The van der Waals surface area contributed by atoms with Gasteiger partial charge in [-0.05, 0) is 30.4 Å². The molecule has 86 valence electrons. The van der Waals surface area contributed by atoms with E-state index in [0.717, 1.165) is 12.1 Å². The Balaban J connectivity index is 2.29. The molecule has 0 saturated heterocycles. The molecular formula is C12H16N2S2. The first kappa shape index (κ1) is 11.8. The van der Waals surface area contributed by atoms with Gasteiger partial charge in [-0.3, -0.25) is 0 Å². The first-order valence-electron chi connectivity index (χ1n) is 5.46. The third-order valence-corrected chi connectivity index (χ3v) is 4.79. The predicted molar refractivity (Wildman–Crippen MR) is 72.3 cm³/mol. The number of hydrogen-bond acceptors (Lipinski definition) is 4. The molecule has 0 aliphatic heterocycles. The van der Waals surface area contributed by atoms with E-state index >= 15 is 0 Å². The van der Waals surface area contributed by atoms with E-state index in [1.807, 2.05) is 0 Å². The van der Waals surface area contributed by atoms with Gasteiger partial charge in [0.15, 0.2) is 0 Å². The van der Waals surface area contributed by atoms with Crippen molar-refractivity contribution >= 4 is 22.7 Å². The number of thiazole rings is 1. The molecule has 0 radical (unpaired) electrons. The van der Waals surface area contributed by atoms with Crippen LogP contribution in [0.1, 0.15) is 29.8 Å². The van der Waals surface area contributed by atoms with Gasteiger partial charge in [0, 0.05) is 17.8 Å².